The summed E-state index contributed by atoms with van der Waals surface area (Å²) < 4.78 is 0. The molecule has 0 amide bonds. The van der Waals surface area contributed by atoms with E-state index in [-0.39, 0.29) is 6.42 Å². The van der Waals surface area contributed by atoms with Crippen LogP contribution in [0.2, 0.25) is 0 Å². The molecule has 0 bridgehead atoms. The molecule has 150 valence electrons. The summed E-state index contributed by atoms with van der Waals surface area (Å²) in [5, 5.41) is 19.0. The van der Waals surface area contributed by atoms with Crippen LogP contribution in [0.25, 0.3) is 0 Å². The number of carbonyl (C=O) groups is 1. The van der Waals surface area contributed by atoms with E-state index in [1.807, 2.05) is 0 Å². The highest BCUT2D eigenvalue weighted by molar-refractivity contribution is 5.63. The molecule has 0 aliphatic carbocycles. The first-order chi connectivity index (χ1) is 12.3. The summed E-state index contributed by atoms with van der Waals surface area (Å²) in [6, 6.07) is 0. The molecule has 0 atom stereocenters. The van der Waals surface area contributed by atoms with Crippen LogP contribution in [0.15, 0.2) is 0 Å². The van der Waals surface area contributed by atoms with Crippen LogP contribution in [0.3, 0.4) is 0 Å². The zero-order chi connectivity index (χ0) is 18.4. The number of carboxylic acids is 1. The SMILES string of the molecule is O=C([O-])CCCCCCCCCCCCCCCCCCCCCO. The molecule has 0 saturated heterocycles. The van der Waals surface area contributed by atoms with Crippen molar-refractivity contribution in [2.45, 2.75) is 128 Å². The molecular formula is C22H43O3-. The lowest BCUT2D eigenvalue weighted by molar-refractivity contribution is -0.305. The van der Waals surface area contributed by atoms with Crippen molar-refractivity contribution in [2.75, 3.05) is 6.61 Å². The number of hydrogen-bond donors (Lipinski definition) is 1. The van der Waals surface area contributed by atoms with Crippen molar-refractivity contribution in [3.63, 3.8) is 0 Å². The summed E-state index contributed by atoms with van der Waals surface area (Å²) >= 11 is 0. The third kappa shape index (κ3) is 23.4. The molecule has 0 aromatic carbocycles. The minimum Gasteiger partial charge on any atom is -0.550 e. The lowest BCUT2D eigenvalue weighted by Crippen LogP contribution is -2.21. The van der Waals surface area contributed by atoms with Crippen LogP contribution in [0.4, 0.5) is 0 Å². The third-order valence-corrected chi connectivity index (χ3v) is 5.04. The second-order valence-electron chi connectivity index (χ2n) is 7.56. The van der Waals surface area contributed by atoms with Crippen LogP contribution < -0.4 is 5.11 Å². The van der Waals surface area contributed by atoms with Crippen molar-refractivity contribution >= 4 is 5.97 Å². The maximum absolute atomic E-state index is 10.3. The third-order valence-electron chi connectivity index (χ3n) is 5.04. The quantitative estimate of drug-likeness (QED) is 0.275. The number of aliphatic carboxylic acids is 1. The number of aliphatic hydroxyl groups excluding tert-OH is 1. The number of hydrogen-bond acceptors (Lipinski definition) is 3. The fourth-order valence-electron chi connectivity index (χ4n) is 3.39. The van der Waals surface area contributed by atoms with E-state index < -0.39 is 5.97 Å². The first-order valence-corrected chi connectivity index (χ1v) is 11.1. The van der Waals surface area contributed by atoms with Gasteiger partial charge in [0, 0.05) is 12.6 Å². The lowest BCUT2D eigenvalue weighted by atomic mass is 10.0. The van der Waals surface area contributed by atoms with Crippen molar-refractivity contribution in [3.8, 4) is 0 Å². The molecule has 1 N–H and O–H groups in total. The molecule has 0 aliphatic rings. The largest absolute Gasteiger partial charge is 0.550 e. The molecule has 3 nitrogen and oxygen atoms in total. The van der Waals surface area contributed by atoms with E-state index in [1.54, 1.807) is 0 Å². The van der Waals surface area contributed by atoms with Crippen LogP contribution in [0.1, 0.15) is 128 Å². The summed E-state index contributed by atoms with van der Waals surface area (Å²) in [7, 11) is 0. The van der Waals surface area contributed by atoms with Gasteiger partial charge >= 0.3 is 0 Å². The van der Waals surface area contributed by atoms with Gasteiger partial charge in [0.15, 0.2) is 0 Å². The molecule has 0 unspecified atom stereocenters. The maximum Gasteiger partial charge on any atom is 0.0431 e. The van der Waals surface area contributed by atoms with E-state index >= 15 is 0 Å². The van der Waals surface area contributed by atoms with E-state index in [1.165, 1.54) is 103 Å². The Hall–Kier alpha value is -0.570. The topological polar surface area (TPSA) is 60.4 Å². The monoisotopic (exact) mass is 355 g/mol. The molecule has 0 spiro atoms. The molecule has 3 heteroatoms. The van der Waals surface area contributed by atoms with Crippen molar-refractivity contribution in [1.29, 1.82) is 0 Å². The number of aliphatic hydroxyl groups is 1. The Morgan fingerprint density at radius 2 is 0.720 bits per heavy atom. The highest BCUT2D eigenvalue weighted by atomic mass is 16.4. The molecule has 0 aliphatic heterocycles. The summed E-state index contributed by atoms with van der Waals surface area (Å²) in [4.78, 5) is 10.3. The molecule has 0 fully saturated rings. The van der Waals surface area contributed by atoms with E-state index in [2.05, 4.69) is 0 Å². The minimum atomic E-state index is -0.908. The van der Waals surface area contributed by atoms with Gasteiger partial charge in [-0.15, -0.1) is 0 Å². The van der Waals surface area contributed by atoms with E-state index in [9.17, 15) is 9.90 Å². The molecule has 0 heterocycles. The predicted octanol–water partition coefficient (Wildman–Crippen LogP) is 5.53. The van der Waals surface area contributed by atoms with Crippen molar-refractivity contribution in [2.24, 2.45) is 0 Å². The molecule has 0 radical (unpaired) electrons. The number of rotatable bonds is 21. The number of unbranched alkanes of at least 4 members (excludes halogenated alkanes) is 18. The summed E-state index contributed by atoms with van der Waals surface area (Å²) in [5.74, 6) is -0.908. The summed E-state index contributed by atoms with van der Waals surface area (Å²) in [6.45, 7) is 0.354. The van der Waals surface area contributed by atoms with Crippen molar-refractivity contribution in [3.05, 3.63) is 0 Å². The van der Waals surface area contributed by atoms with Crippen LogP contribution in [0, 0.1) is 0 Å². The lowest BCUT2D eigenvalue weighted by Gasteiger charge is -2.04. The Labute approximate surface area is 156 Å². The van der Waals surface area contributed by atoms with Gasteiger partial charge in [0.2, 0.25) is 0 Å². The fourth-order valence-corrected chi connectivity index (χ4v) is 3.39. The molecule has 0 aromatic rings. The van der Waals surface area contributed by atoms with Crippen molar-refractivity contribution < 1.29 is 15.0 Å². The second kappa shape index (κ2) is 21.5. The van der Waals surface area contributed by atoms with Gasteiger partial charge < -0.3 is 15.0 Å². The van der Waals surface area contributed by atoms with Gasteiger partial charge in [-0.25, -0.2) is 0 Å². The van der Waals surface area contributed by atoms with Gasteiger partial charge in [0.05, 0.1) is 0 Å². The van der Waals surface area contributed by atoms with Crippen LogP contribution in [0.5, 0.6) is 0 Å². The van der Waals surface area contributed by atoms with Crippen molar-refractivity contribution in [1.82, 2.24) is 0 Å². The Bertz CT molecular complexity index is 266. The zero-order valence-electron chi connectivity index (χ0n) is 16.6. The van der Waals surface area contributed by atoms with Gasteiger partial charge in [-0.2, -0.15) is 0 Å². The second-order valence-corrected chi connectivity index (χ2v) is 7.56. The maximum atomic E-state index is 10.3. The highest BCUT2D eigenvalue weighted by Gasteiger charge is 1.95. The van der Waals surface area contributed by atoms with E-state index in [0.29, 0.717) is 6.61 Å². The van der Waals surface area contributed by atoms with Gasteiger partial charge in [-0.3, -0.25) is 0 Å². The normalized spacial score (nSPS) is 11.1. The molecule has 25 heavy (non-hydrogen) atoms. The molecule has 0 saturated carbocycles. The predicted molar refractivity (Wildman–Crippen MR) is 104 cm³/mol. The Balaban J connectivity index is 2.97. The Morgan fingerprint density at radius 1 is 0.480 bits per heavy atom. The highest BCUT2D eigenvalue weighted by Crippen LogP contribution is 2.14. The zero-order valence-corrected chi connectivity index (χ0v) is 16.6. The Morgan fingerprint density at radius 3 is 0.960 bits per heavy atom. The molecule has 0 aromatic heterocycles. The van der Waals surface area contributed by atoms with Gasteiger partial charge in [0.1, 0.15) is 0 Å². The molecular weight excluding hydrogens is 312 g/mol. The van der Waals surface area contributed by atoms with Crippen LogP contribution >= 0.6 is 0 Å². The number of carbonyl (C=O) groups excluding carboxylic acids is 1. The van der Waals surface area contributed by atoms with Gasteiger partial charge in [-0.1, -0.05) is 109 Å². The summed E-state index contributed by atoms with van der Waals surface area (Å²) in [5.41, 5.74) is 0. The first kappa shape index (κ1) is 24.4. The average molecular weight is 356 g/mol. The molecule has 0 rings (SSSR count). The minimum absolute atomic E-state index is 0.227. The average Bonchev–Trinajstić information content (AvgIpc) is 2.60. The van der Waals surface area contributed by atoms with E-state index in [4.69, 9.17) is 5.11 Å². The van der Waals surface area contributed by atoms with Crippen LogP contribution in [-0.4, -0.2) is 17.7 Å². The van der Waals surface area contributed by atoms with E-state index in [0.717, 1.165) is 19.3 Å². The standard InChI is InChI=1S/C22H44O3/c23-21-19-17-15-13-11-9-7-5-3-1-2-4-6-8-10-12-14-16-18-20-22(24)25/h23H,1-21H2,(H,24,25)/p-1. The smallest absolute Gasteiger partial charge is 0.0431 e. The number of carboxylic acid groups (broad SMARTS) is 1. The van der Waals surface area contributed by atoms with Gasteiger partial charge in [-0.05, 0) is 19.3 Å². The summed E-state index contributed by atoms with van der Waals surface area (Å²) in [6.07, 6.45) is 24.5. The van der Waals surface area contributed by atoms with Gasteiger partial charge in [0.25, 0.3) is 0 Å². The first-order valence-electron chi connectivity index (χ1n) is 11.1. The fraction of sp³-hybridized carbons (Fsp3) is 0.955. The Kier molecular flexibility index (Phi) is 21.0. The van der Waals surface area contributed by atoms with Crippen LogP contribution in [-0.2, 0) is 4.79 Å².